The maximum Gasteiger partial charge on any atom is 0.335 e. The van der Waals surface area contributed by atoms with Crippen LogP contribution in [0.4, 0.5) is 0 Å². The van der Waals surface area contributed by atoms with Gasteiger partial charge in [0.1, 0.15) is 24.2 Å². The number of aliphatic hydroxyl groups is 2. The van der Waals surface area contributed by atoms with Crippen molar-refractivity contribution < 1.29 is 67.7 Å². The van der Waals surface area contributed by atoms with E-state index in [1.54, 1.807) is 39.8 Å². The molecule has 1 saturated heterocycles. The number of ether oxygens (including phenoxy) is 6. The number of allylic oxidation sites excluding steroid dienone is 3. The second kappa shape index (κ2) is 14.9. The number of esters is 2. The number of benzene rings is 1. The average molecular weight is 740 g/mol. The Bertz CT molecular complexity index is 1830. The SMILES string of the molecule is CO[C@H]1C=CO[C@@]2(C)Oc3cc(O)c4c(c3C2=O)C2(C=C(NC(=O)C(C)=CC=C[C@H](C)[C@H](O)[C@@H](C)[C@@H](O)[C@@H](C)[C@H](OC(C)=O)[C@@H]1C)C4=O)OCC(=O)O2. The van der Waals surface area contributed by atoms with Crippen molar-refractivity contribution in [3.8, 4) is 11.5 Å². The molecule has 4 aliphatic heterocycles. The number of carbonyl (C=O) groups is 5. The first kappa shape index (κ1) is 39.4. The van der Waals surface area contributed by atoms with Gasteiger partial charge in [0.05, 0.1) is 47.0 Å². The number of phenolic OH excluding ortho intramolecular Hbond substituents is 1. The van der Waals surface area contributed by atoms with E-state index < -0.39 is 107 Å². The number of methoxy groups -OCH3 is 1. The fourth-order valence-electron chi connectivity index (χ4n) is 7.16. The molecule has 4 heterocycles. The minimum absolute atomic E-state index is 0.130. The van der Waals surface area contributed by atoms with Gasteiger partial charge in [-0.3, -0.25) is 19.2 Å². The zero-order valence-electron chi connectivity index (χ0n) is 30.7. The van der Waals surface area contributed by atoms with Crippen LogP contribution in [0.15, 0.2) is 54.0 Å². The molecule has 1 aliphatic carbocycles. The topological polar surface area (TPSA) is 213 Å². The van der Waals surface area contributed by atoms with Crippen molar-refractivity contribution in [2.75, 3.05) is 13.7 Å². The largest absolute Gasteiger partial charge is 0.507 e. The van der Waals surface area contributed by atoms with E-state index in [4.69, 9.17) is 28.4 Å². The Morgan fingerprint density at radius 3 is 2.30 bits per heavy atom. The highest BCUT2D eigenvalue weighted by atomic mass is 16.8. The number of nitrogens with one attached hydrogen (secondary N) is 1. The lowest BCUT2D eigenvalue weighted by atomic mass is 9.78. The van der Waals surface area contributed by atoms with Gasteiger partial charge in [-0.25, -0.2) is 4.79 Å². The number of hydrogen-bond donors (Lipinski definition) is 4. The fraction of sp³-hybridized carbons (Fsp3) is 0.500. The van der Waals surface area contributed by atoms with Crippen molar-refractivity contribution in [1.29, 1.82) is 0 Å². The van der Waals surface area contributed by atoms with Gasteiger partial charge in [-0.2, -0.15) is 0 Å². The average Bonchev–Trinajstić information content (AvgIpc) is 3.60. The molecule has 5 aliphatic rings. The summed E-state index contributed by atoms with van der Waals surface area (Å²) in [5.74, 6) is -11.5. The van der Waals surface area contributed by atoms with Gasteiger partial charge in [-0.05, 0) is 13.0 Å². The standard InChI is InChI=1S/C38H45NO14/c1-17-10-9-11-18(2)36(47)39-23-15-38(50-16-27(42)53-38)30-28(33(23)45)24(41)14-26-29(30)35(46)37(7,52-26)49-13-12-25(48-8)19(3)34(51-22(6)40)21(5)32(44)20(4)31(17)43/h9-15,17,19-21,25,31-32,34,41,43-44H,16H2,1-8H3,(H,39,47)/t17-,19+,20+,21+,25-,31-,32+,34+,37-,38?/m0/s1. The van der Waals surface area contributed by atoms with Crippen molar-refractivity contribution in [3.63, 3.8) is 0 Å². The fourth-order valence-corrected chi connectivity index (χ4v) is 7.16. The van der Waals surface area contributed by atoms with Crippen LogP contribution in [0.5, 0.6) is 11.5 Å². The Morgan fingerprint density at radius 1 is 0.981 bits per heavy atom. The van der Waals surface area contributed by atoms with Crippen LogP contribution >= 0.6 is 0 Å². The third-order valence-electron chi connectivity index (χ3n) is 10.3. The summed E-state index contributed by atoms with van der Waals surface area (Å²) in [6.07, 6.45) is 4.38. The lowest BCUT2D eigenvalue weighted by molar-refractivity contribution is -0.161. The lowest BCUT2D eigenvalue weighted by Crippen LogP contribution is -2.46. The predicted octanol–water partition coefficient (Wildman–Crippen LogP) is 2.87. The van der Waals surface area contributed by atoms with Crippen molar-refractivity contribution in [2.45, 2.75) is 84.5 Å². The predicted molar refractivity (Wildman–Crippen MR) is 184 cm³/mol. The number of rotatable bonds is 2. The smallest absolute Gasteiger partial charge is 0.335 e. The molecule has 5 bridgehead atoms. The van der Waals surface area contributed by atoms with Crippen LogP contribution in [-0.2, 0) is 43.9 Å². The van der Waals surface area contributed by atoms with Crippen LogP contribution < -0.4 is 10.1 Å². The van der Waals surface area contributed by atoms with Crippen molar-refractivity contribution in [1.82, 2.24) is 5.32 Å². The molecule has 15 nitrogen and oxygen atoms in total. The molecule has 4 N–H and O–H groups in total. The summed E-state index contributed by atoms with van der Waals surface area (Å²) < 4.78 is 34.5. The van der Waals surface area contributed by atoms with Gasteiger partial charge in [0.2, 0.25) is 5.78 Å². The minimum Gasteiger partial charge on any atom is -0.507 e. The molecule has 1 aromatic carbocycles. The van der Waals surface area contributed by atoms with Gasteiger partial charge < -0.3 is 49.1 Å². The number of carbonyl (C=O) groups excluding carboxylic acids is 5. The highest BCUT2D eigenvalue weighted by molar-refractivity contribution is 6.19. The molecule has 1 fully saturated rings. The van der Waals surface area contributed by atoms with Gasteiger partial charge in [0.15, 0.2) is 0 Å². The van der Waals surface area contributed by atoms with Gasteiger partial charge in [0, 0.05) is 62.3 Å². The number of fused-ring (bicyclic) bond motifs is 13. The summed E-state index contributed by atoms with van der Waals surface area (Å²) in [6, 6.07) is 1.04. The quantitative estimate of drug-likeness (QED) is 0.321. The van der Waals surface area contributed by atoms with Gasteiger partial charge in [-0.1, -0.05) is 45.9 Å². The summed E-state index contributed by atoms with van der Waals surface area (Å²) >= 11 is 0. The van der Waals surface area contributed by atoms with Crippen molar-refractivity contribution >= 4 is 29.4 Å². The number of hydrogen-bond acceptors (Lipinski definition) is 14. The summed E-state index contributed by atoms with van der Waals surface area (Å²) in [7, 11) is 1.41. The van der Waals surface area contributed by atoms with Gasteiger partial charge in [-0.15, -0.1) is 0 Å². The first-order valence-corrected chi connectivity index (χ1v) is 17.2. The van der Waals surface area contributed by atoms with Crippen LogP contribution in [0.3, 0.4) is 0 Å². The number of amides is 1. The number of Topliss-reactive ketones (excluding diaryl/α,β-unsaturated/α-hetero) is 2. The zero-order chi connectivity index (χ0) is 39.2. The third-order valence-corrected chi connectivity index (χ3v) is 10.3. The van der Waals surface area contributed by atoms with Gasteiger partial charge >= 0.3 is 17.7 Å². The normalized spacial score (nSPS) is 34.9. The molecule has 1 unspecified atom stereocenters. The number of phenols is 1. The molecule has 0 saturated carbocycles. The minimum atomic E-state index is -2.21. The molecule has 15 heteroatoms. The number of aromatic hydroxyl groups is 1. The number of aliphatic hydroxyl groups excluding tert-OH is 2. The van der Waals surface area contributed by atoms with E-state index in [-0.39, 0.29) is 28.1 Å². The highest BCUT2D eigenvalue weighted by Crippen LogP contribution is 2.51. The van der Waals surface area contributed by atoms with Crippen LogP contribution in [0.2, 0.25) is 0 Å². The van der Waals surface area contributed by atoms with Crippen LogP contribution in [0.1, 0.15) is 74.7 Å². The molecule has 0 aromatic heterocycles. The number of ketones is 2. The molecule has 0 radical (unpaired) electrons. The molecular weight excluding hydrogens is 694 g/mol. The second-order valence-electron chi connectivity index (χ2n) is 14.0. The molecule has 1 amide bonds. The zero-order valence-corrected chi connectivity index (χ0v) is 30.7. The first-order valence-electron chi connectivity index (χ1n) is 17.2. The Morgan fingerprint density at radius 2 is 1.68 bits per heavy atom. The van der Waals surface area contributed by atoms with Crippen LogP contribution in [0.25, 0.3) is 0 Å². The monoisotopic (exact) mass is 739 g/mol. The Hall–Kier alpha value is -4.83. The molecule has 1 aromatic rings. The Labute approximate surface area is 306 Å². The summed E-state index contributed by atoms with van der Waals surface area (Å²) in [5, 5.41) is 36.3. The van der Waals surface area contributed by atoms with E-state index >= 15 is 0 Å². The van der Waals surface area contributed by atoms with Crippen molar-refractivity contribution in [3.05, 3.63) is 70.7 Å². The van der Waals surface area contributed by atoms with Gasteiger partial charge in [0.25, 0.3) is 17.5 Å². The molecule has 6 rings (SSSR count). The summed E-state index contributed by atoms with van der Waals surface area (Å²) in [5.41, 5.74) is -1.27. The molecule has 286 valence electrons. The lowest BCUT2D eigenvalue weighted by Gasteiger charge is -2.38. The molecular formula is C38H45NO14. The Kier molecular flexibility index (Phi) is 11.1. The van der Waals surface area contributed by atoms with Crippen molar-refractivity contribution in [2.24, 2.45) is 23.7 Å². The van der Waals surface area contributed by atoms with E-state index in [2.05, 4.69) is 5.32 Å². The van der Waals surface area contributed by atoms with E-state index in [9.17, 15) is 39.3 Å². The summed E-state index contributed by atoms with van der Waals surface area (Å²) in [4.78, 5) is 66.1. The van der Waals surface area contributed by atoms with E-state index in [1.165, 1.54) is 40.0 Å². The molecule has 1 spiro atoms. The maximum absolute atomic E-state index is 14.2. The third kappa shape index (κ3) is 7.26. The van der Waals surface area contributed by atoms with E-state index in [0.717, 1.165) is 18.4 Å². The Balaban J connectivity index is 1.63. The molecule has 53 heavy (non-hydrogen) atoms. The summed E-state index contributed by atoms with van der Waals surface area (Å²) in [6.45, 7) is 10.3. The highest BCUT2D eigenvalue weighted by Gasteiger charge is 2.57. The van der Waals surface area contributed by atoms with Crippen LogP contribution in [-0.4, -0.2) is 88.7 Å². The first-order chi connectivity index (χ1) is 24.9. The van der Waals surface area contributed by atoms with E-state index in [0.29, 0.717) is 0 Å². The van der Waals surface area contributed by atoms with E-state index in [1.807, 2.05) is 0 Å². The molecule has 10 atom stereocenters. The van der Waals surface area contributed by atoms with Crippen LogP contribution in [0, 0.1) is 23.7 Å². The maximum atomic E-state index is 14.2. The second-order valence-corrected chi connectivity index (χ2v) is 14.0.